The van der Waals surface area contributed by atoms with Crippen molar-refractivity contribution in [3.63, 3.8) is 0 Å². The van der Waals surface area contributed by atoms with Gasteiger partial charge in [-0.05, 0) is 34.7 Å². The van der Waals surface area contributed by atoms with Crippen molar-refractivity contribution < 1.29 is 0 Å². The molecule has 0 aromatic carbocycles. The third kappa shape index (κ3) is 2.93. The number of hydrogen-bond donors (Lipinski definition) is 0. The van der Waals surface area contributed by atoms with E-state index >= 15 is 0 Å². The summed E-state index contributed by atoms with van der Waals surface area (Å²) in [5, 5.41) is 0. The van der Waals surface area contributed by atoms with E-state index in [0.29, 0.717) is 6.54 Å². The summed E-state index contributed by atoms with van der Waals surface area (Å²) < 4.78 is 0.887. The van der Waals surface area contributed by atoms with Crippen LogP contribution in [0.5, 0.6) is 0 Å². The highest BCUT2D eigenvalue weighted by Crippen LogP contribution is 2.30. The van der Waals surface area contributed by atoms with E-state index in [0.717, 1.165) is 22.9 Å². The monoisotopic (exact) mass is 265 g/mol. The molecule has 1 aliphatic carbocycles. The average molecular weight is 266 g/mol. The lowest BCUT2D eigenvalue weighted by Gasteiger charge is -2.19. The fourth-order valence-electron chi connectivity index (χ4n) is 1.41. The summed E-state index contributed by atoms with van der Waals surface area (Å²) in [6.07, 6.45) is 11.4. The van der Waals surface area contributed by atoms with Gasteiger partial charge in [0.2, 0.25) is 5.95 Å². The Hall–Kier alpha value is -1.08. The smallest absolute Gasteiger partial charge is 0.226 e. The van der Waals surface area contributed by atoms with Crippen LogP contribution in [0.3, 0.4) is 0 Å². The Bertz CT molecular complexity index is 364. The van der Waals surface area contributed by atoms with E-state index in [9.17, 15) is 0 Å². The molecule has 0 N–H and O–H groups in total. The first-order valence-electron chi connectivity index (χ1n) is 4.95. The number of aromatic nitrogens is 2. The zero-order valence-corrected chi connectivity index (χ0v) is 9.94. The molecule has 2 rings (SSSR count). The van der Waals surface area contributed by atoms with Crippen molar-refractivity contribution in [2.45, 2.75) is 12.8 Å². The molecule has 1 aromatic heterocycles. The van der Waals surface area contributed by atoms with Crippen molar-refractivity contribution in [1.29, 1.82) is 0 Å². The summed E-state index contributed by atoms with van der Waals surface area (Å²) in [6, 6.07) is 0. The van der Waals surface area contributed by atoms with Crippen molar-refractivity contribution in [3.05, 3.63) is 16.9 Å². The van der Waals surface area contributed by atoms with Crippen LogP contribution in [0.15, 0.2) is 16.9 Å². The lowest BCUT2D eigenvalue weighted by atomic mass is 10.4. The molecule has 1 aliphatic rings. The first-order chi connectivity index (χ1) is 7.29. The summed E-state index contributed by atoms with van der Waals surface area (Å²) in [4.78, 5) is 10.6. The van der Waals surface area contributed by atoms with Crippen LogP contribution in [0.25, 0.3) is 0 Å². The van der Waals surface area contributed by atoms with Gasteiger partial charge >= 0.3 is 0 Å². The molecule has 3 nitrogen and oxygen atoms in total. The van der Waals surface area contributed by atoms with Gasteiger partial charge < -0.3 is 4.90 Å². The zero-order valence-electron chi connectivity index (χ0n) is 8.36. The van der Waals surface area contributed by atoms with E-state index in [1.165, 1.54) is 12.8 Å². The predicted molar refractivity (Wildman–Crippen MR) is 63.5 cm³/mol. The van der Waals surface area contributed by atoms with Gasteiger partial charge in [0.1, 0.15) is 0 Å². The largest absolute Gasteiger partial charge is 0.329 e. The van der Waals surface area contributed by atoms with Gasteiger partial charge in [-0.15, -0.1) is 6.42 Å². The van der Waals surface area contributed by atoms with Gasteiger partial charge in [-0.3, -0.25) is 0 Å². The van der Waals surface area contributed by atoms with Crippen LogP contribution in [0.1, 0.15) is 12.8 Å². The number of halogens is 1. The number of rotatable bonds is 4. The summed E-state index contributed by atoms with van der Waals surface area (Å²) in [5.74, 6) is 4.16. The Labute approximate surface area is 98.0 Å². The highest BCUT2D eigenvalue weighted by atomic mass is 79.9. The molecule has 1 aromatic rings. The molecule has 1 saturated carbocycles. The molecule has 0 amide bonds. The van der Waals surface area contributed by atoms with Crippen molar-refractivity contribution in [2.75, 3.05) is 18.0 Å². The molecule has 0 bridgehead atoms. The van der Waals surface area contributed by atoms with E-state index in [2.05, 4.69) is 36.7 Å². The minimum absolute atomic E-state index is 0.581. The summed E-state index contributed by atoms with van der Waals surface area (Å²) in [7, 11) is 0. The van der Waals surface area contributed by atoms with Gasteiger partial charge in [-0.1, -0.05) is 5.92 Å². The predicted octanol–water partition coefficient (Wildman–Crippen LogP) is 2.09. The zero-order chi connectivity index (χ0) is 10.7. The van der Waals surface area contributed by atoms with Crippen LogP contribution in [-0.2, 0) is 0 Å². The third-order valence-electron chi connectivity index (χ3n) is 2.35. The Morgan fingerprint density at radius 1 is 1.47 bits per heavy atom. The lowest BCUT2D eigenvalue weighted by Crippen LogP contribution is -2.27. The molecule has 0 atom stereocenters. The standard InChI is InChI=1S/C11H12BrN3/c1-2-5-15(8-9-3-4-9)11-13-6-10(12)7-14-11/h1,6-7,9H,3-5,8H2. The number of anilines is 1. The van der Waals surface area contributed by atoms with Gasteiger partial charge in [-0.25, -0.2) is 9.97 Å². The molecule has 1 heterocycles. The molecular formula is C11H12BrN3. The fraction of sp³-hybridized carbons (Fsp3) is 0.455. The summed E-state index contributed by atoms with van der Waals surface area (Å²) in [5.41, 5.74) is 0. The van der Waals surface area contributed by atoms with Crippen molar-refractivity contribution in [1.82, 2.24) is 9.97 Å². The van der Waals surface area contributed by atoms with Crippen molar-refractivity contribution >= 4 is 21.9 Å². The second-order valence-corrected chi connectivity index (χ2v) is 4.64. The van der Waals surface area contributed by atoms with Crippen molar-refractivity contribution in [3.8, 4) is 12.3 Å². The van der Waals surface area contributed by atoms with Gasteiger partial charge in [0.15, 0.2) is 0 Å². The quantitative estimate of drug-likeness (QED) is 0.781. The fourth-order valence-corrected chi connectivity index (χ4v) is 1.61. The van der Waals surface area contributed by atoms with Crippen LogP contribution in [0.4, 0.5) is 5.95 Å². The lowest BCUT2D eigenvalue weighted by molar-refractivity contribution is 0.741. The molecule has 0 radical (unpaired) electrons. The van der Waals surface area contributed by atoms with Crippen LogP contribution in [0, 0.1) is 18.3 Å². The van der Waals surface area contributed by atoms with Crippen LogP contribution >= 0.6 is 15.9 Å². The Morgan fingerprint density at radius 3 is 2.67 bits per heavy atom. The highest BCUT2D eigenvalue weighted by Gasteiger charge is 2.25. The molecule has 4 heteroatoms. The number of hydrogen-bond acceptors (Lipinski definition) is 3. The SMILES string of the molecule is C#CCN(CC1CC1)c1ncc(Br)cn1. The minimum atomic E-state index is 0.581. The molecule has 0 aliphatic heterocycles. The van der Waals surface area contributed by atoms with E-state index in [4.69, 9.17) is 6.42 Å². The van der Waals surface area contributed by atoms with Gasteiger partial charge in [-0.2, -0.15) is 0 Å². The Balaban J connectivity index is 2.08. The Kier molecular flexibility index (Phi) is 3.22. The highest BCUT2D eigenvalue weighted by molar-refractivity contribution is 9.10. The molecule has 0 unspecified atom stereocenters. The maximum absolute atomic E-state index is 5.34. The second-order valence-electron chi connectivity index (χ2n) is 3.73. The molecule has 0 saturated heterocycles. The van der Waals surface area contributed by atoms with Crippen molar-refractivity contribution in [2.24, 2.45) is 5.92 Å². The van der Waals surface area contributed by atoms with E-state index in [-0.39, 0.29) is 0 Å². The molecule has 15 heavy (non-hydrogen) atoms. The van der Waals surface area contributed by atoms with Gasteiger partial charge in [0.05, 0.1) is 11.0 Å². The van der Waals surface area contributed by atoms with E-state index < -0.39 is 0 Å². The molecule has 78 valence electrons. The number of nitrogens with zero attached hydrogens (tertiary/aromatic N) is 3. The Morgan fingerprint density at radius 2 is 2.13 bits per heavy atom. The topological polar surface area (TPSA) is 29.0 Å². The molecular weight excluding hydrogens is 254 g/mol. The van der Waals surface area contributed by atoms with Crippen LogP contribution < -0.4 is 4.90 Å². The first kappa shape index (κ1) is 10.4. The van der Waals surface area contributed by atoms with E-state index in [1.807, 2.05) is 0 Å². The normalized spacial score (nSPS) is 14.7. The van der Waals surface area contributed by atoms with E-state index in [1.54, 1.807) is 12.4 Å². The number of terminal acetylenes is 1. The van der Waals surface area contributed by atoms with Crippen LogP contribution in [0.2, 0.25) is 0 Å². The summed E-state index contributed by atoms with van der Waals surface area (Å²) in [6.45, 7) is 1.56. The van der Waals surface area contributed by atoms with Crippen LogP contribution in [-0.4, -0.2) is 23.1 Å². The van der Waals surface area contributed by atoms with Gasteiger partial charge in [0.25, 0.3) is 0 Å². The average Bonchev–Trinajstić information content (AvgIpc) is 3.02. The third-order valence-corrected chi connectivity index (χ3v) is 2.76. The second kappa shape index (κ2) is 4.63. The molecule has 1 fully saturated rings. The molecule has 0 spiro atoms. The maximum Gasteiger partial charge on any atom is 0.226 e. The summed E-state index contributed by atoms with van der Waals surface area (Å²) >= 11 is 3.31. The first-order valence-corrected chi connectivity index (χ1v) is 5.75. The minimum Gasteiger partial charge on any atom is -0.329 e. The maximum atomic E-state index is 5.34. The van der Waals surface area contributed by atoms with Gasteiger partial charge in [0, 0.05) is 18.9 Å².